The molecule has 6 heteroatoms. The molecule has 2 N–H and O–H groups in total. The van der Waals surface area contributed by atoms with E-state index in [1.165, 1.54) is 0 Å². The second-order valence-electron chi connectivity index (χ2n) is 5.40. The van der Waals surface area contributed by atoms with Gasteiger partial charge in [-0.15, -0.1) is 0 Å². The van der Waals surface area contributed by atoms with Crippen LogP contribution in [0.4, 0.5) is 0 Å². The Morgan fingerprint density at radius 1 is 1.32 bits per heavy atom. The topological polar surface area (TPSA) is 68.5 Å². The molecule has 1 aliphatic heterocycles. The third kappa shape index (κ3) is 3.58. The zero-order valence-corrected chi connectivity index (χ0v) is 12.7. The van der Waals surface area contributed by atoms with Crippen molar-refractivity contribution in [2.45, 2.75) is 19.6 Å². The molecule has 6 nitrogen and oxygen atoms in total. The first kappa shape index (κ1) is 14.9. The number of nitrogens with one attached hydrogen (secondary N) is 1. The van der Waals surface area contributed by atoms with Crippen LogP contribution in [-0.4, -0.2) is 41.2 Å². The van der Waals surface area contributed by atoms with Crippen LogP contribution < -0.4 is 14.8 Å². The molecule has 0 unspecified atom stereocenters. The van der Waals surface area contributed by atoms with Crippen LogP contribution in [0.5, 0.6) is 11.5 Å². The minimum Gasteiger partial charge on any atom is -0.486 e. The van der Waals surface area contributed by atoms with Gasteiger partial charge in [0, 0.05) is 19.3 Å². The Morgan fingerprint density at radius 3 is 2.91 bits per heavy atom. The highest BCUT2D eigenvalue weighted by Gasteiger charge is 2.15. The lowest BCUT2D eigenvalue weighted by Gasteiger charge is -2.20. The number of aryl methyl sites for hydroxylation is 1. The number of nitrogens with zero attached hydrogens (tertiary/aromatic N) is 2. The van der Waals surface area contributed by atoms with Crippen molar-refractivity contribution in [2.24, 2.45) is 0 Å². The predicted octanol–water partition coefficient (Wildman–Crippen LogP) is 1.29. The van der Waals surface area contributed by atoms with Gasteiger partial charge in [0.1, 0.15) is 13.2 Å². The van der Waals surface area contributed by atoms with Gasteiger partial charge < -0.3 is 19.9 Å². The number of fused-ring (bicyclic) bond motifs is 1. The number of benzene rings is 1. The molecule has 1 aromatic heterocycles. The van der Waals surface area contributed by atoms with E-state index in [0.29, 0.717) is 25.5 Å². The Bertz CT molecular complexity index is 627. The largest absolute Gasteiger partial charge is 0.486 e. The van der Waals surface area contributed by atoms with Crippen molar-refractivity contribution < 1.29 is 14.6 Å². The predicted molar refractivity (Wildman–Crippen MR) is 82.2 cm³/mol. The highest BCUT2D eigenvalue weighted by Crippen LogP contribution is 2.32. The van der Waals surface area contributed by atoms with Gasteiger partial charge in [0.05, 0.1) is 18.8 Å². The average Bonchev–Trinajstić information content (AvgIpc) is 2.96. The van der Waals surface area contributed by atoms with Gasteiger partial charge in [-0.1, -0.05) is 6.07 Å². The van der Waals surface area contributed by atoms with Gasteiger partial charge in [-0.3, -0.25) is 4.68 Å². The fraction of sp³-hybridized carbons (Fsp3) is 0.438. The second-order valence-corrected chi connectivity index (χ2v) is 5.40. The van der Waals surface area contributed by atoms with E-state index >= 15 is 0 Å². The lowest BCUT2D eigenvalue weighted by molar-refractivity contribution is 0.163. The number of hydrogen-bond acceptors (Lipinski definition) is 5. The maximum atomic E-state index is 10.2. The van der Waals surface area contributed by atoms with Crippen molar-refractivity contribution in [2.75, 3.05) is 26.3 Å². The van der Waals surface area contributed by atoms with E-state index in [2.05, 4.69) is 10.4 Å². The van der Waals surface area contributed by atoms with Gasteiger partial charge in [-0.05, 0) is 30.2 Å². The van der Waals surface area contributed by atoms with Crippen LogP contribution in [0.1, 0.15) is 17.2 Å². The van der Waals surface area contributed by atoms with Crippen LogP contribution >= 0.6 is 0 Å². The van der Waals surface area contributed by atoms with Gasteiger partial charge >= 0.3 is 0 Å². The summed E-state index contributed by atoms with van der Waals surface area (Å²) in [6, 6.07) is 5.56. The quantitative estimate of drug-likeness (QED) is 0.787. The van der Waals surface area contributed by atoms with Crippen LogP contribution in [0, 0.1) is 6.92 Å². The molecule has 2 aromatic rings. The molecule has 0 bridgehead atoms. The fourth-order valence-electron chi connectivity index (χ4n) is 2.41. The summed E-state index contributed by atoms with van der Waals surface area (Å²) in [6.07, 6.45) is 3.26. The lowest BCUT2D eigenvalue weighted by atomic mass is 10.1. The fourth-order valence-corrected chi connectivity index (χ4v) is 2.41. The van der Waals surface area contributed by atoms with Crippen molar-refractivity contribution in [1.29, 1.82) is 0 Å². The molecule has 0 saturated heterocycles. The molecule has 0 amide bonds. The number of ether oxygens (including phenoxy) is 2. The summed E-state index contributed by atoms with van der Waals surface area (Å²) in [6.45, 7) is 5.16. The third-order valence-electron chi connectivity index (χ3n) is 3.57. The Kier molecular flexibility index (Phi) is 4.60. The van der Waals surface area contributed by atoms with Gasteiger partial charge in [0.25, 0.3) is 0 Å². The Morgan fingerprint density at radius 2 is 2.14 bits per heavy atom. The van der Waals surface area contributed by atoms with E-state index in [0.717, 1.165) is 30.0 Å². The van der Waals surface area contributed by atoms with E-state index in [-0.39, 0.29) is 0 Å². The smallest absolute Gasteiger partial charge is 0.161 e. The van der Waals surface area contributed by atoms with E-state index in [4.69, 9.17) is 9.47 Å². The van der Waals surface area contributed by atoms with Crippen molar-refractivity contribution in [3.05, 3.63) is 41.7 Å². The van der Waals surface area contributed by atoms with Gasteiger partial charge in [-0.25, -0.2) is 0 Å². The zero-order chi connectivity index (χ0) is 15.4. The van der Waals surface area contributed by atoms with E-state index in [1.807, 2.05) is 42.2 Å². The van der Waals surface area contributed by atoms with Crippen molar-refractivity contribution >= 4 is 0 Å². The summed E-state index contributed by atoms with van der Waals surface area (Å²) in [5.41, 5.74) is 1.97. The van der Waals surface area contributed by atoms with Crippen LogP contribution in [-0.2, 0) is 6.54 Å². The molecule has 1 atom stereocenters. The molecule has 1 aliphatic rings. The summed E-state index contributed by atoms with van der Waals surface area (Å²) in [5, 5.41) is 17.7. The van der Waals surface area contributed by atoms with Crippen LogP contribution in [0.25, 0.3) is 0 Å². The lowest BCUT2D eigenvalue weighted by Crippen LogP contribution is -2.25. The molecule has 3 rings (SSSR count). The minimum absolute atomic E-state index is 0.486. The SMILES string of the molecule is Cc1cnn(CCNC[C@@H](O)c2ccc3c(c2)OCCO3)c1. The molecular formula is C16H21N3O3. The Labute approximate surface area is 129 Å². The Hall–Kier alpha value is -2.05. The highest BCUT2D eigenvalue weighted by molar-refractivity contribution is 5.44. The first-order valence-corrected chi connectivity index (χ1v) is 7.50. The Balaban J connectivity index is 1.48. The maximum Gasteiger partial charge on any atom is 0.161 e. The monoisotopic (exact) mass is 303 g/mol. The maximum absolute atomic E-state index is 10.2. The number of hydrogen-bond donors (Lipinski definition) is 2. The first-order chi connectivity index (χ1) is 10.7. The number of aliphatic hydroxyl groups is 1. The zero-order valence-electron chi connectivity index (χ0n) is 12.7. The van der Waals surface area contributed by atoms with Crippen molar-refractivity contribution in [3.8, 4) is 11.5 Å². The van der Waals surface area contributed by atoms with Crippen LogP contribution in [0.15, 0.2) is 30.6 Å². The molecule has 0 saturated carbocycles. The van der Waals surface area contributed by atoms with Crippen molar-refractivity contribution in [1.82, 2.24) is 15.1 Å². The van der Waals surface area contributed by atoms with Crippen LogP contribution in [0.3, 0.4) is 0 Å². The first-order valence-electron chi connectivity index (χ1n) is 7.50. The molecule has 22 heavy (non-hydrogen) atoms. The average molecular weight is 303 g/mol. The molecule has 0 radical (unpaired) electrons. The normalized spacial score (nSPS) is 14.8. The summed E-state index contributed by atoms with van der Waals surface area (Å²) < 4.78 is 12.9. The molecule has 118 valence electrons. The number of rotatable bonds is 6. The van der Waals surface area contributed by atoms with Gasteiger partial charge in [0.15, 0.2) is 11.5 Å². The summed E-state index contributed by atoms with van der Waals surface area (Å²) in [4.78, 5) is 0. The van der Waals surface area contributed by atoms with Gasteiger partial charge in [-0.2, -0.15) is 5.10 Å². The van der Waals surface area contributed by atoms with Gasteiger partial charge in [0.2, 0.25) is 0 Å². The molecular weight excluding hydrogens is 282 g/mol. The summed E-state index contributed by atoms with van der Waals surface area (Å²) in [5.74, 6) is 1.44. The molecule has 0 spiro atoms. The van der Waals surface area contributed by atoms with E-state index in [9.17, 15) is 5.11 Å². The van der Waals surface area contributed by atoms with Crippen LogP contribution in [0.2, 0.25) is 0 Å². The summed E-state index contributed by atoms with van der Waals surface area (Å²) in [7, 11) is 0. The van der Waals surface area contributed by atoms with E-state index < -0.39 is 6.10 Å². The molecule has 0 fully saturated rings. The second kappa shape index (κ2) is 6.81. The highest BCUT2D eigenvalue weighted by atomic mass is 16.6. The number of aliphatic hydroxyl groups excluding tert-OH is 1. The molecule has 0 aliphatic carbocycles. The number of aromatic nitrogens is 2. The minimum atomic E-state index is -0.574. The summed E-state index contributed by atoms with van der Waals surface area (Å²) >= 11 is 0. The van der Waals surface area contributed by atoms with Crippen molar-refractivity contribution in [3.63, 3.8) is 0 Å². The molecule has 1 aromatic carbocycles. The van der Waals surface area contributed by atoms with E-state index in [1.54, 1.807) is 0 Å². The standard InChI is InChI=1S/C16H21N3O3/c1-12-9-18-19(11-12)5-4-17-10-14(20)13-2-3-15-16(8-13)22-7-6-21-15/h2-3,8-9,11,14,17,20H,4-7,10H2,1H3/t14-/m1/s1. The third-order valence-corrected chi connectivity index (χ3v) is 3.57. The molecule has 2 heterocycles.